The first-order chi connectivity index (χ1) is 8.02. The maximum atomic E-state index is 14.0. The summed E-state index contributed by atoms with van der Waals surface area (Å²) in [6.07, 6.45) is 1.30. The second kappa shape index (κ2) is 4.58. The van der Waals surface area contributed by atoms with Gasteiger partial charge in [0.25, 0.3) is 0 Å². The van der Waals surface area contributed by atoms with Crippen LogP contribution in [0.1, 0.15) is 5.56 Å². The molecule has 1 heterocycles. The van der Waals surface area contributed by atoms with Crippen molar-refractivity contribution in [2.24, 2.45) is 0 Å². The zero-order valence-electron chi connectivity index (χ0n) is 8.84. The zero-order valence-corrected chi connectivity index (χ0v) is 11.2. The molecule has 2 aromatic rings. The Labute approximate surface area is 111 Å². The van der Waals surface area contributed by atoms with Crippen molar-refractivity contribution in [2.75, 3.05) is 5.73 Å². The van der Waals surface area contributed by atoms with E-state index >= 15 is 0 Å². The first-order valence-corrected chi connectivity index (χ1v) is 5.90. The topological polar surface area (TPSA) is 51.8 Å². The lowest BCUT2D eigenvalue weighted by Gasteiger charge is -2.09. The molecule has 0 amide bonds. The Bertz CT molecular complexity index is 589. The quantitative estimate of drug-likeness (QED) is 0.818. The highest BCUT2D eigenvalue weighted by atomic mass is 79.9. The van der Waals surface area contributed by atoms with E-state index in [2.05, 4.69) is 25.9 Å². The predicted octanol–water partition coefficient (Wildman–Crippen LogP) is 3.59. The van der Waals surface area contributed by atoms with Gasteiger partial charge in [0.05, 0.1) is 10.7 Å². The molecule has 0 aliphatic carbocycles. The van der Waals surface area contributed by atoms with E-state index in [1.807, 2.05) is 0 Å². The van der Waals surface area contributed by atoms with Gasteiger partial charge in [-0.3, -0.25) is 0 Å². The highest BCUT2D eigenvalue weighted by Crippen LogP contribution is 2.33. The summed E-state index contributed by atoms with van der Waals surface area (Å²) in [7, 11) is 0. The van der Waals surface area contributed by atoms with E-state index < -0.39 is 5.82 Å². The maximum Gasteiger partial charge on any atom is 0.152 e. The number of nitrogen functional groups attached to an aromatic ring is 1. The van der Waals surface area contributed by atoms with Gasteiger partial charge in [-0.2, -0.15) is 0 Å². The summed E-state index contributed by atoms with van der Waals surface area (Å²) in [4.78, 5) is 7.87. The van der Waals surface area contributed by atoms with Gasteiger partial charge in [0.1, 0.15) is 12.1 Å². The molecule has 0 aliphatic rings. The van der Waals surface area contributed by atoms with Crippen LogP contribution in [0.25, 0.3) is 11.3 Å². The van der Waals surface area contributed by atoms with Gasteiger partial charge in [0.2, 0.25) is 0 Å². The van der Waals surface area contributed by atoms with E-state index in [9.17, 15) is 4.39 Å². The summed E-state index contributed by atoms with van der Waals surface area (Å²) in [5.74, 6) is -0.198. The molecule has 6 heteroatoms. The van der Waals surface area contributed by atoms with E-state index in [-0.39, 0.29) is 5.02 Å². The third-order valence-electron chi connectivity index (χ3n) is 2.41. The van der Waals surface area contributed by atoms with Crippen LogP contribution in [0.2, 0.25) is 5.02 Å². The number of benzene rings is 1. The Morgan fingerprint density at radius 2 is 2.06 bits per heavy atom. The number of nitrogens with zero attached hydrogens (tertiary/aromatic N) is 2. The molecule has 88 valence electrons. The number of anilines is 1. The average Bonchev–Trinajstić information content (AvgIpc) is 2.31. The van der Waals surface area contributed by atoms with Crippen LogP contribution in [0, 0.1) is 12.7 Å². The predicted molar refractivity (Wildman–Crippen MR) is 69.3 cm³/mol. The van der Waals surface area contributed by atoms with Gasteiger partial charge in [-0.25, -0.2) is 14.4 Å². The van der Waals surface area contributed by atoms with Crippen molar-refractivity contribution in [2.45, 2.75) is 6.92 Å². The van der Waals surface area contributed by atoms with Crippen molar-refractivity contribution >= 4 is 33.3 Å². The third-order valence-corrected chi connectivity index (χ3v) is 3.67. The molecule has 2 rings (SSSR count). The summed E-state index contributed by atoms with van der Waals surface area (Å²) in [5, 5.41) is 0.0269. The summed E-state index contributed by atoms with van der Waals surface area (Å²) in [6, 6.07) is 3.26. The number of hydrogen-bond donors (Lipinski definition) is 1. The van der Waals surface area contributed by atoms with Crippen molar-refractivity contribution in [3.05, 3.63) is 39.3 Å². The highest BCUT2D eigenvalue weighted by Gasteiger charge is 2.15. The largest absolute Gasteiger partial charge is 0.383 e. The number of nitrogens with two attached hydrogens (primary N) is 1. The molecular weight excluding hydrogens is 308 g/mol. The summed E-state index contributed by atoms with van der Waals surface area (Å²) >= 11 is 8.98. The van der Waals surface area contributed by atoms with E-state index in [4.69, 9.17) is 17.3 Å². The third kappa shape index (κ3) is 2.12. The molecule has 2 N–H and O–H groups in total. The molecular formula is C11H8BrClFN3. The fourth-order valence-electron chi connectivity index (χ4n) is 1.44. The van der Waals surface area contributed by atoms with Gasteiger partial charge < -0.3 is 5.73 Å². The molecule has 17 heavy (non-hydrogen) atoms. The van der Waals surface area contributed by atoms with E-state index in [1.54, 1.807) is 19.1 Å². The summed E-state index contributed by atoms with van der Waals surface area (Å²) < 4.78 is 14.5. The Kier molecular flexibility index (Phi) is 3.31. The van der Waals surface area contributed by atoms with Crippen molar-refractivity contribution in [1.29, 1.82) is 0 Å². The van der Waals surface area contributed by atoms with Gasteiger partial charge in [-0.15, -0.1) is 0 Å². The summed E-state index contributed by atoms with van der Waals surface area (Å²) in [5.41, 5.74) is 7.05. The van der Waals surface area contributed by atoms with Crippen molar-refractivity contribution in [3.8, 4) is 11.3 Å². The second-order valence-corrected chi connectivity index (χ2v) is 4.69. The monoisotopic (exact) mass is 315 g/mol. The fourth-order valence-corrected chi connectivity index (χ4v) is 1.92. The van der Waals surface area contributed by atoms with Crippen LogP contribution in [0.15, 0.2) is 22.9 Å². The van der Waals surface area contributed by atoms with Crippen LogP contribution >= 0.6 is 27.5 Å². The van der Waals surface area contributed by atoms with Crippen LogP contribution in [0.5, 0.6) is 0 Å². The minimum Gasteiger partial charge on any atom is -0.383 e. The van der Waals surface area contributed by atoms with Crippen LogP contribution < -0.4 is 5.73 Å². The molecule has 3 nitrogen and oxygen atoms in total. The lowest BCUT2D eigenvalue weighted by Crippen LogP contribution is -2.00. The van der Waals surface area contributed by atoms with Crippen molar-refractivity contribution in [3.63, 3.8) is 0 Å². The molecule has 0 saturated heterocycles. The summed E-state index contributed by atoms with van der Waals surface area (Å²) in [6.45, 7) is 1.74. The van der Waals surface area contributed by atoms with Crippen LogP contribution in [-0.4, -0.2) is 9.97 Å². The average molecular weight is 317 g/mol. The smallest absolute Gasteiger partial charge is 0.152 e. The van der Waals surface area contributed by atoms with E-state index in [1.165, 1.54) is 6.33 Å². The molecule has 0 bridgehead atoms. The molecule has 1 aromatic heterocycles. The molecule has 0 spiro atoms. The Morgan fingerprint density at radius 1 is 1.35 bits per heavy atom. The van der Waals surface area contributed by atoms with Crippen LogP contribution in [0.3, 0.4) is 0 Å². The molecule has 0 radical (unpaired) electrons. The maximum absolute atomic E-state index is 14.0. The van der Waals surface area contributed by atoms with Gasteiger partial charge >= 0.3 is 0 Å². The molecule has 0 fully saturated rings. The first kappa shape index (κ1) is 12.3. The van der Waals surface area contributed by atoms with E-state index in [0.717, 1.165) is 0 Å². The second-order valence-electron chi connectivity index (χ2n) is 3.46. The minimum absolute atomic E-state index is 0.0269. The van der Waals surface area contributed by atoms with Gasteiger partial charge in [0, 0.05) is 15.6 Å². The lowest BCUT2D eigenvalue weighted by atomic mass is 10.1. The van der Waals surface area contributed by atoms with Gasteiger partial charge in [0.15, 0.2) is 5.82 Å². The van der Waals surface area contributed by atoms with Crippen LogP contribution in [0.4, 0.5) is 10.2 Å². The minimum atomic E-state index is -0.526. The van der Waals surface area contributed by atoms with Gasteiger partial charge in [-0.1, -0.05) is 11.6 Å². The number of aromatic nitrogens is 2. The molecule has 1 aromatic carbocycles. The number of rotatable bonds is 1. The van der Waals surface area contributed by atoms with Crippen molar-refractivity contribution in [1.82, 2.24) is 9.97 Å². The Morgan fingerprint density at radius 3 is 2.76 bits per heavy atom. The van der Waals surface area contributed by atoms with Crippen molar-refractivity contribution < 1.29 is 4.39 Å². The number of hydrogen-bond acceptors (Lipinski definition) is 3. The molecule has 0 unspecified atom stereocenters. The lowest BCUT2D eigenvalue weighted by molar-refractivity contribution is 0.630. The molecule has 0 saturated carbocycles. The zero-order chi connectivity index (χ0) is 12.6. The standard InChI is InChI=1S/C11H8BrClFN3/c1-5-10(16-4-17-11(5)15)6-2-3-7(12)8(13)9(6)14/h2-4H,1H3,(H2,15,16,17). The van der Waals surface area contributed by atoms with Gasteiger partial charge in [-0.05, 0) is 35.0 Å². The Hall–Kier alpha value is -1.20. The molecule has 0 atom stereocenters. The first-order valence-electron chi connectivity index (χ1n) is 4.73. The fraction of sp³-hybridized carbons (Fsp3) is 0.0909. The van der Waals surface area contributed by atoms with E-state index in [0.29, 0.717) is 27.1 Å². The Balaban J connectivity index is 2.69. The van der Waals surface area contributed by atoms with Crippen LogP contribution in [-0.2, 0) is 0 Å². The molecule has 0 aliphatic heterocycles. The number of halogens is 3. The highest BCUT2D eigenvalue weighted by molar-refractivity contribution is 9.10. The normalized spacial score (nSPS) is 10.6. The SMILES string of the molecule is Cc1c(N)ncnc1-c1ccc(Br)c(Cl)c1F.